The van der Waals surface area contributed by atoms with Gasteiger partial charge in [-0.2, -0.15) is 0 Å². The van der Waals surface area contributed by atoms with Crippen LogP contribution in [0.25, 0.3) is 0 Å². The van der Waals surface area contributed by atoms with E-state index in [1.54, 1.807) is 0 Å². The lowest BCUT2D eigenvalue weighted by atomic mass is 10.3. The van der Waals surface area contributed by atoms with Crippen LogP contribution in [0.1, 0.15) is 0 Å². The van der Waals surface area contributed by atoms with Crippen LogP contribution >= 0.6 is 0 Å². The van der Waals surface area contributed by atoms with E-state index < -0.39 is 16.5 Å². The van der Waals surface area contributed by atoms with Gasteiger partial charge in [-0.3, -0.25) is 0 Å². The SMILES string of the molecule is CN(c1cccc(N(C)[Si](C)(C)C)c1)[Si](C)(C)C. The molecule has 18 heavy (non-hydrogen) atoms. The van der Waals surface area contributed by atoms with Crippen LogP contribution in [-0.2, 0) is 0 Å². The molecule has 0 aliphatic rings. The molecule has 0 radical (unpaired) electrons. The zero-order chi connectivity index (χ0) is 14.1. The lowest BCUT2D eigenvalue weighted by molar-refractivity contribution is 1.21. The van der Waals surface area contributed by atoms with Crippen LogP contribution < -0.4 is 9.13 Å². The Morgan fingerprint density at radius 2 is 1.06 bits per heavy atom. The molecule has 0 aliphatic carbocycles. The third-order valence-electron chi connectivity index (χ3n) is 3.62. The summed E-state index contributed by atoms with van der Waals surface area (Å²) >= 11 is 0. The van der Waals surface area contributed by atoms with Crippen molar-refractivity contribution in [3.63, 3.8) is 0 Å². The van der Waals surface area contributed by atoms with E-state index >= 15 is 0 Å². The molecule has 0 N–H and O–H groups in total. The van der Waals surface area contributed by atoms with Crippen LogP contribution in [0.5, 0.6) is 0 Å². The third kappa shape index (κ3) is 3.62. The maximum absolute atomic E-state index is 2.47. The maximum Gasteiger partial charge on any atom is 0.147 e. The summed E-state index contributed by atoms with van der Waals surface area (Å²) in [5, 5.41) is 0. The fourth-order valence-corrected chi connectivity index (χ4v) is 3.51. The molecule has 0 spiro atoms. The van der Waals surface area contributed by atoms with E-state index in [0.29, 0.717) is 0 Å². The zero-order valence-corrected chi connectivity index (χ0v) is 15.2. The van der Waals surface area contributed by atoms with Crippen molar-refractivity contribution in [3.05, 3.63) is 24.3 Å². The van der Waals surface area contributed by atoms with Gasteiger partial charge >= 0.3 is 0 Å². The highest BCUT2D eigenvalue weighted by Crippen LogP contribution is 2.26. The summed E-state index contributed by atoms with van der Waals surface area (Å²) in [4.78, 5) is 0. The van der Waals surface area contributed by atoms with Gasteiger partial charge in [-0.25, -0.2) is 0 Å². The molecule has 0 fully saturated rings. The van der Waals surface area contributed by atoms with Gasteiger partial charge in [0.25, 0.3) is 0 Å². The molecule has 0 heterocycles. The molecule has 0 amide bonds. The molecular formula is C14H28N2Si2. The highest BCUT2D eigenvalue weighted by molar-refractivity contribution is 6.80. The van der Waals surface area contributed by atoms with Gasteiger partial charge in [0, 0.05) is 11.4 Å². The van der Waals surface area contributed by atoms with Gasteiger partial charge in [-0.05, 0) is 32.3 Å². The fourth-order valence-electron chi connectivity index (χ4n) is 1.68. The monoisotopic (exact) mass is 280 g/mol. The molecule has 102 valence electrons. The molecule has 1 aromatic carbocycles. The molecule has 4 heteroatoms. The molecule has 0 saturated heterocycles. The summed E-state index contributed by atoms with van der Waals surface area (Å²) in [7, 11) is 1.89. The Bertz CT molecular complexity index is 370. The zero-order valence-electron chi connectivity index (χ0n) is 13.2. The number of hydrogen-bond donors (Lipinski definition) is 0. The van der Waals surface area contributed by atoms with Crippen LogP contribution in [0.3, 0.4) is 0 Å². The predicted molar refractivity (Wildman–Crippen MR) is 89.9 cm³/mol. The molecule has 0 atom stereocenters. The number of benzene rings is 1. The highest BCUT2D eigenvalue weighted by atomic mass is 28.3. The van der Waals surface area contributed by atoms with E-state index in [1.807, 2.05) is 0 Å². The summed E-state index contributed by atoms with van der Waals surface area (Å²) in [5.41, 5.74) is 2.69. The predicted octanol–water partition coefficient (Wildman–Crippen LogP) is 4.23. The van der Waals surface area contributed by atoms with E-state index in [9.17, 15) is 0 Å². The minimum atomic E-state index is -1.28. The van der Waals surface area contributed by atoms with Gasteiger partial charge in [0.15, 0.2) is 0 Å². The molecule has 1 rings (SSSR count). The fraction of sp³-hybridized carbons (Fsp3) is 0.571. The van der Waals surface area contributed by atoms with Gasteiger partial charge < -0.3 is 9.13 Å². The lowest BCUT2D eigenvalue weighted by Crippen LogP contribution is -2.44. The van der Waals surface area contributed by atoms with Crippen LogP contribution in [0, 0.1) is 0 Å². The molecule has 2 nitrogen and oxygen atoms in total. The highest BCUT2D eigenvalue weighted by Gasteiger charge is 2.23. The van der Waals surface area contributed by atoms with Gasteiger partial charge in [-0.1, -0.05) is 45.3 Å². The van der Waals surface area contributed by atoms with Crippen LogP contribution in [0.15, 0.2) is 24.3 Å². The smallest absolute Gasteiger partial charge is 0.147 e. The number of hydrogen-bond acceptors (Lipinski definition) is 2. The largest absolute Gasteiger partial charge is 0.401 e. The molecule has 0 aromatic heterocycles. The Morgan fingerprint density at radius 1 is 0.722 bits per heavy atom. The first-order chi connectivity index (χ1) is 8.03. The van der Waals surface area contributed by atoms with Gasteiger partial charge in [0.1, 0.15) is 16.5 Å². The first kappa shape index (κ1) is 15.3. The molecule has 0 unspecified atom stereocenters. The number of rotatable bonds is 4. The van der Waals surface area contributed by atoms with Crippen molar-refractivity contribution in [2.45, 2.75) is 39.3 Å². The van der Waals surface area contributed by atoms with Gasteiger partial charge in [0.2, 0.25) is 0 Å². The van der Waals surface area contributed by atoms with Gasteiger partial charge in [-0.15, -0.1) is 0 Å². The normalized spacial score (nSPS) is 12.4. The molecule has 1 aromatic rings. The molecular weight excluding hydrogens is 252 g/mol. The standard InChI is InChI=1S/C14H28N2Si2/c1-15(17(3,4)5)13-10-9-11-14(12-13)16(2)18(6,7)8/h9-12H,1-8H3. The van der Waals surface area contributed by atoms with Crippen molar-refractivity contribution in [2.24, 2.45) is 0 Å². The number of nitrogens with zero attached hydrogens (tertiary/aromatic N) is 2. The van der Waals surface area contributed by atoms with Crippen molar-refractivity contribution >= 4 is 27.8 Å². The van der Waals surface area contributed by atoms with E-state index in [-0.39, 0.29) is 0 Å². The van der Waals surface area contributed by atoms with Crippen molar-refractivity contribution in [2.75, 3.05) is 23.2 Å². The topological polar surface area (TPSA) is 6.48 Å². The van der Waals surface area contributed by atoms with Crippen LogP contribution in [0.2, 0.25) is 39.3 Å². The lowest BCUT2D eigenvalue weighted by Gasteiger charge is -2.35. The molecule has 0 bridgehead atoms. The Labute approximate surface area is 115 Å². The molecule has 0 aliphatic heterocycles. The minimum absolute atomic E-state index is 1.28. The second-order valence-electron chi connectivity index (χ2n) is 6.98. The Hall–Kier alpha value is -0.746. The van der Waals surface area contributed by atoms with E-state index in [1.165, 1.54) is 11.4 Å². The van der Waals surface area contributed by atoms with Crippen molar-refractivity contribution in [1.29, 1.82) is 0 Å². The van der Waals surface area contributed by atoms with Crippen molar-refractivity contribution in [3.8, 4) is 0 Å². The summed E-state index contributed by atoms with van der Waals surface area (Å²) in [6.07, 6.45) is 0. The second-order valence-corrected chi connectivity index (χ2v) is 17.0. The summed E-state index contributed by atoms with van der Waals surface area (Å²) < 4.78 is 4.93. The van der Waals surface area contributed by atoms with Crippen molar-refractivity contribution < 1.29 is 0 Å². The quantitative estimate of drug-likeness (QED) is 0.762. The molecule has 0 saturated carbocycles. The Balaban J connectivity index is 3.07. The summed E-state index contributed by atoms with van der Waals surface area (Å²) in [5.74, 6) is 0. The van der Waals surface area contributed by atoms with Crippen molar-refractivity contribution in [1.82, 2.24) is 0 Å². The Kier molecular flexibility index (Phi) is 4.33. The van der Waals surface area contributed by atoms with E-state index in [2.05, 4.69) is 86.8 Å². The average Bonchev–Trinajstić information content (AvgIpc) is 2.24. The second kappa shape index (κ2) is 5.09. The first-order valence-corrected chi connectivity index (χ1v) is 13.5. The number of anilines is 2. The van der Waals surface area contributed by atoms with E-state index in [4.69, 9.17) is 0 Å². The minimum Gasteiger partial charge on any atom is -0.401 e. The third-order valence-corrected chi connectivity index (χ3v) is 8.16. The first-order valence-electron chi connectivity index (χ1n) is 6.61. The average molecular weight is 281 g/mol. The van der Waals surface area contributed by atoms with Gasteiger partial charge in [0.05, 0.1) is 0 Å². The van der Waals surface area contributed by atoms with E-state index in [0.717, 1.165) is 0 Å². The Morgan fingerprint density at radius 3 is 1.33 bits per heavy atom. The summed E-state index contributed by atoms with van der Waals surface area (Å²) in [6.45, 7) is 14.3. The van der Waals surface area contributed by atoms with Crippen LogP contribution in [-0.4, -0.2) is 30.6 Å². The summed E-state index contributed by atoms with van der Waals surface area (Å²) in [6, 6.07) is 8.95. The maximum atomic E-state index is 2.47. The van der Waals surface area contributed by atoms with Crippen LogP contribution in [0.4, 0.5) is 11.4 Å².